The Kier molecular flexibility index (Phi) is 9.80. The van der Waals surface area contributed by atoms with Gasteiger partial charge in [-0.25, -0.2) is 0 Å². The number of Topliss-reactive ketones (excluding diaryl/α,β-unsaturated/α-hetero) is 2. The minimum Gasteiger partial charge on any atom is -0.506 e. The van der Waals surface area contributed by atoms with Crippen molar-refractivity contribution in [1.29, 1.82) is 0 Å². The molecule has 2 aliphatic carbocycles. The number of carbonyl (C=O) groups is 3. The second kappa shape index (κ2) is 13.9. The van der Waals surface area contributed by atoms with Gasteiger partial charge < -0.3 is 29.0 Å². The van der Waals surface area contributed by atoms with Gasteiger partial charge in [0.25, 0.3) is 0 Å². The molecule has 3 saturated heterocycles. The van der Waals surface area contributed by atoms with E-state index in [1.807, 2.05) is 71.6 Å². The van der Waals surface area contributed by atoms with Crippen LogP contribution in [0.25, 0.3) is 6.08 Å². The molecule has 4 bridgehead atoms. The Balaban J connectivity index is 1.33. The minimum atomic E-state index is -1.57. The fourth-order valence-corrected chi connectivity index (χ4v) is 12.1. The number of likely N-dealkylation sites (tertiary alicyclic amines) is 1. The standard InChI is InChI=1S/C47H62N2O8/c1-28(2)14-13-19-44(8)20-18-31-35(50)33-36(51)34-39(48-24-26-54-27-25-48)45(9)41-43(6,7)57-46(42(45)53,21-17-30(5)40(52)49-22-11-10-12-23-49)47(34,41)56-38(33)32(37(31)55-44)16-15-29(3)4/h14-15,17-18,20,34,39,41,50H,10-13,16,19,21-27H2,1-9H3/b30-17-. The number of hydrogen-bond acceptors (Lipinski definition) is 9. The van der Waals surface area contributed by atoms with Crippen molar-refractivity contribution in [2.75, 3.05) is 39.4 Å². The molecule has 1 spiro atoms. The van der Waals surface area contributed by atoms with E-state index < -0.39 is 45.7 Å². The molecule has 7 unspecified atom stereocenters. The van der Waals surface area contributed by atoms with Crippen molar-refractivity contribution in [2.24, 2.45) is 17.3 Å². The number of ketones is 2. The van der Waals surface area contributed by atoms with Crippen LogP contribution in [-0.2, 0) is 25.5 Å². The van der Waals surface area contributed by atoms with E-state index >= 15 is 9.59 Å². The Morgan fingerprint density at radius 3 is 2.25 bits per heavy atom. The number of piperidine rings is 1. The van der Waals surface area contributed by atoms with Crippen LogP contribution in [0.5, 0.6) is 17.2 Å². The van der Waals surface area contributed by atoms with Crippen molar-refractivity contribution < 1.29 is 38.4 Å². The van der Waals surface area contributed by atoms with E-state index in [1.54, 1.807) is 0 Å². The number of rotatable bonds is 9. The zero-order valence-electron chi connectivity index (χ0n) is 35.5. The molecule has 5 heterocycles. The van der Waals surface area contributed by atoms with Gasteiger partial charge in [-0.1, -0.05) is 36.3 Å². The highest BCUT2D eigenvalue weighted by atomic mass is 16.6. The van der Waals surface area contributed by atoms with Gasteiger partial charge in [0.1, 0.15) is 28.4 Å². The Morgan fingerprint density at radius 1 is 0.895 bits per heavy atom. The predicted molar refractivity (Wildman–Crippen MR) is 219 cm³/mol. The lowest BCUT2D eigenvalue weighted by Crippen LogP contribution is -2.72. The highest BCUT2D eigenvalue weighted by Crippen LogP contribution is 2.78. The average molecular weight is 783 g/mol. The molecule has 1 amide bonds. The van der Waals surface area contributed by atoms with Crippen molar-refractivity contribution in [1.82, 2.24) is 9.80 Å². The van der Waals surface area contributed by atoms with Gasteiger partial charge >= 0.3 is 0 Å². The van der Waals surface area contributed by atoms with Crippen LogP contribution >= 0.6 is 0 Å². The molecule has 5 fully saturated rings. The van der Waals surface area contributed by atoms with Crippen LogP contribution in [-0.4, -0.2) is 100 Å². The summed E-state index contributed by atoms with van der Waals surface area (Å²) in [6.07, 6.45) is 15.1. The number of phenols is 1. The summed E-state index contributed by atoms with van der Waals surface area (Å²) in [5.74, 6) is -1.12. The molecular weight excluding hydrogens is 721 g/mol. The van der Waals surface area contributed by atoms with Gasteiger partial charge in [0.2, 0.25) is 5.91 Å². The molecule has 10 heteroatoms. The topological polar surface area (TPSA) is 115 Å². The SMILES string of the molecule is CC(C)=CCCC1(C)C=Cc2c(O)c3c(c(CC=C(C)C)c2O1)OC12C(C3=O)C(N3CCOCC3)C3(C)C(=O)C1(C/C=C(/C)C(=O)N1CCCCC1)OC(C)(C)C32. The number of allylic oxidation sites excluding steroid dienone is 4. The summed E-state index contributed by atoms with van der Waals surface area (Å²) in [5.41, 5.74) is -1.45. The maximum atomic E-state index is 15.8. The van der Waals surface area contributed by atoms with E-state index in [4.69, 9.17) is 18.9 Å². The van der Waals surface area contributed by atoms with Gasteiger partial charge in [0.15, 0.2) is 22.8 Å². The Hall–Kier alpha value is -3.73. The van der Waals surface area contributed by atoms with Crippen LogP contribution in [0.3, 0.4) is 0 Å². The highest BCUT2D eigenvalue weighted by molar-refractivity contribution is 6.12. The summed E-state index contributed by atoms with van der Waals surface area (Å²) in [6.45, 7) is 21.7. The van der Waals surface area contributed by atoms with Gasteiger partial charge in [-0.3, -0.25) is 19.3 Å². The second-order valence-electron chi connectivity index (χ2n) is 19.2. The number of hydrogen-bond donors (Lipinski definition) is 1. The molecule has 2 saturated carbocycles. The molecule has 57 heavy (non-hydrogen) atoms. The molecule has 0 radical (unpaired) electrons. The number of morpholine rings is 1. The number of fused-ring (bicyclic) bond motifs is 2. The second-order valence-corrected chi connectivity index (χ2v) is 19.2. The quantitative estimate of drug-likeness (QED) is 0.200. The van der Waals surface area contributed by atoms with E-state index in [9.17, 15) is 9.90 Å². The molecule has 10 nitrogen and oxygen atoms in total. The largest absolute Gasteiger partial charge is 0.506 e. The fourth-order valence-electron chi connectivity index (χ4n) is 12.1. The average Bonchev–Trinajstić information content (AvgIpc) is 3.61. The number of nitrogens with zero attached hydrogens (tertiary/aromatic N) is 2. The van der Waals surface area contributed by atoms with E-state index in [-0.39, 0.29) is 41.0 Å². The summed E-state index contributed by atoms with van der Waals surface area (Å²) >= 11 is 0. The van der Waals surface area contributed by atoms with Crippen molar-refractivity contribution in [3.8, 4) is 17.2 Å². The molecule has 0 aromatic heterocycles. The first-order valence-electron chi connectivity index (χ1n) is 21.3. The molecule has 7 atom stereocenters. The molecule has 5 aliphatic heterocycles. The first kappa shape index (κ1) is 40.1. The van der Waals surface area contributed by atoms with E-state index in [2.05, 4.69) is 30.9 Å². The first-order chi connectivity index (χ1) is 26.9. The van der Waals surface area contributed by atoms with Crippen molar-refractivity contribution >= 4 is 23.5 Å². The summed E-state index contributed by atoms with van der Waals surface area (Å²) in [6, 6.07) is -0.516. The Bertz CT molecular complexity index is 2010. The number of carbonyl (C=O) groups excluding carboxylic acids is 3. The Labute approximate surface area is 338 Å². The van der Waals surface area contributed by atoms with E-state index in [0.29, 0.717) is 74.7 Å². The van der Waals surface area contributed by atoms with Crippen LogP contribution in [0.1, 0.15) is 122 Å². The van der Waals surface area contributed by atoms with Crippen LogP contribution in [0.15, 0.2) is 41.0 Å². The first-order valence-corrected chi connectivity index (χ1v) is 21.3. The normalized spacial score (nSPS) is 34.9. The molecule has 1 aromatic rings. The third-order valence-electron chi connectivity index (χ3n) is 14.3. The highest BCUT2D eigenvalue weighted by Gasteiger charge is 2.95. The lowest BCUT2D eigenvalue weighted by molar-refractivity contribution is -0.205. The minimum absolute atomic E-state index is 0.0358. The molecule has 1 aromatic carbocycles. The smallest absolute Gasteiger partial charge is 0.249 e. The number of ether oxygens (including phenoxy) is 4. The maximum Gasteiger partial charge on any atom is 0.249 e. The number of aromatic hydroxyl groups is 1. The molecule has 1 N–H and O–H groups in total. The summed E-state index contributed by atoms with van der Waals surface area (Å²) in [5, 5.41) is 12.3. The van der Waals surface area contributed by atoms with Gasteiger partial charge in [0.05, 0.1) is 35.7 Å². The van der Waals surface area contributed by atoms with Gasteiger partial charge in [-0.05, 0) is 106 Å². The molecule has 308 valence electrons. The van der Waals surface area contributed by atoms with Crippen LogP contribution in [0, 0.1) is 17.3 Å². The summed E-state index contributed by atoms with van der Waals surface area (Å²) < 4.78 is 27.4. The lowest BCUT2D eigenvalue weighted by Gasteiger charge is -2.55. The zero-order chi connectivity index (χ0) is 40.9. The molecule has 7 aliphatic rings. The van der Waals surface area contributed by atoms with Gasteiger partial charge in [0, 0.05) is 55.7 Å². The van der Waals surface area contributed by atoms with E-state index in [1.165, 1.54) is 5.57 Å². The third kappa shape index (κ3) is 5.77. The lowest BCUT2D eigenvalue weighted by atomic mass is 9.61. The van der Waals surface area contributed by atoms with Gasteiger partial charge in [-0.2, -0.15) is 0 Å². The summed E-state index contributed by atoms with van der Waals surface area (Å²) in [7, 11) is 0. The van der Waals surface area contributed by atoms with Crippen LogP contribution in [0.4, 0.5) is 0 Å². The van der Waals surface area contributed by atoms with Crippen LogP contribution in [0.2, 0.25) is 0 Å². The van der Waals surface area contributed by atoms with Crippen molar-refractivity contribution in [2.45, 2.75) is 136 Å². The zero-order valence-corrected chi connectivity index (χ0v) is 35.5. The number of benzene rings is 1. The molecule has 8 rings (SSSR count). The van der Waals surface area contributed by atoms with E-state index in [0.717, 1.165) is 31.3 Å². The predicted octanol–water partition coefficient (Wildman–Crippen LogP) is 7.56. The third-order valence-corrected chi connectivity index (χ3v) is 14.3. The van der Waals surface area contributed by atoms with Crippen LogP contribution < -0.4 is 9.47 Å². The van der Waals surface area contributed by atoms with Crippen molar-refractivity contribution in [3.63, 3.8) is 0 Å². The van der Waals surface area contributed by atoms with Crippen molar-refractivity contribution in [3.05, 3.63) is 57.7 Å². The molecular formula is C47H62N2O8. The van der Waals surface area contributed by atoms with Gasteiger partial charge in [-0.15, -0.1) is 0 Å². The summed E-state index contributed by atoms with van der Waals surface area (Å²) in [4.78, 5) is 49.3. The monoisotopic (exact) mass is 782 g/mol. The fraction of sp³-hybridized carbons (Fsp3) is 0.638. The maximum absolute atomic E-state index is 15.8. The number of amides is 1. The Morgan fingerprint density at radius 2 is 1.58 bits per heavy atom. The number of phenolic OH excluding ortho intramolecular Hbond substituents is 1.